The lowest BCUT2D eigenvalue weighted by Gasteiger charge is -2.14. The summed E-state index contributed by atoms with van der Waals surface area (Å²) >= 11 is 0. The average molecular weight is 394 g/mol. The summed E-state index contributed by atoms with van der Waals surface area (Å²) in [4.78, 5) is 0. The lowest BCUT2D eigenvalue weighted by atomic mass is 9.92. The van der Waals surface area contributed by atoms with Crippen LogP contribution in [0.4, 0.5) is 0 Å². The average Bonchev–Trinajstić information content (AvgIpc) is 2.71. The molecule has 0 aromatic heterocycles. The minimum Gasteiger partial charge on any atom is -0.0654 e. The van der Waals surface area contributed by atoms with E-state index >= 15 is 0 Å². The first-order valence-corrected chi connectivity index (χ1v) is 13.6. The zero-order valence-corrected chi connectivity index (χ0v) is 20.3. The van der Waals surface area contributed by atoms with Crippen molar-refractivity contribution < 1.29 is 0 Å². The molecule has 0 bridgehead atoms. The van der Waals surface area contributed by atoms with Crippen LogP contribution in [0.3, 0.4) is 0 Å². The third-order valence-corrected chi connectivity index (χ3v) is 6.59. The quantitative estimate of drug-likeness (QED) is 0.143. The van der Waals surface area contributed by atoms with Gasteiger partial charge in [0.15, 0.2) is 0 Å². The number of rotatable bonds is 24. The fraction of sp³-hybridized carbons (Fsp3) is 0.964. The van der Waals surface area contributed by atoms with Crippen molar-refractivity contribution >= 4 is 0 Å². The minimum atomic E-state index is 0.910. The molecule has 169 valence electrons. The second-order valence-corrected chi connectivity index (χ2v) is 9.45. The molecule has 0 heterocycles. The first kappa shape index (κ1) is 28.0. The van der Waals surface area contributed by atoms with Gasteiger partial charge in [0, 0.05) is 0 Å². The molecule has 0 aliphatic heterocycles. The highest BCUT2D eigenvalue weighted by atomic mass is 14.1. The van der Waals surface area contributed by atoms with E-state index in [4.69, 9.17) is 0 Å². The van der Waals surface area contributed by atoms with Crippen molar-refractivity contribution in [2.75, 3.05) is 0 Å². The van der Waals surface area contributed by atoms with Gasteiger partial charge in [-0.15, -0.1) is 0 Å². The zero-order chi connectivity index (χ0) is 20.5. The molecule has 0 rings (SSSR count). The molecule has 0 amide bonds. The van der Waals surface area contributed by atoms with Crippen LogP contribution in [0.25, 0.3) is 0 Å². The van der Waals surface area contributed by atoms with Crippen LogP contribution in [0.1, 0.15) is 168 Å². The third kappa shape index (κ3) is 22.3. The maximum atomic E-state index is 4.18. The van der Waals surface area contributed by atoms with E-state index in [1.165, 1.54) is 148 Å². The van der Waals surface area contributed by atoms with Crippen LogP contribution in [0.2, 0.25) is 0 Å². The van der Waals surface area contributed by atoms with Gasteiger partial charge in [-0.1, -0.05) is 175 Å². The smallest absolute Gasteiger partial charge is 0.0414 e. The van der Waals surface area contributed by atoms with E-state index in [1.54, 1.807) is 0 Å². The van der Waals surface area contributed by atoms with Crippen molar-refractivity contribution in [3.63, 3.8) is 0 Å². The molecule has 0 nitrogen and oxygen atoms in total. The van der Waals surface area contributed by atoms with Gasteiger partial charge in [0.1, 0.15) is 0 Å². The summed E-state index contributed by atoms with van der Waals surface area (Å²) in [6.07, 6.45) is 34.6. The Balaban J connectivity index is 3.16. The van der Waals surface area contributed by atoms with E-state index in [0.29, 0.717) is 0 Å². The Labute approximate surface area is 181 Å². The highest BCUT2D eigenvalue weighted by Crippen LogP contribution is 2.21. The maximum absolute atomic E-state index is 4.18. The highest BCUT2D eigenvalue weighted by molar-refractivity contribution is 4.62. The van der Waals surface area contributed by atoms with E-state index in [2.05, 4.69) is 20.8 Å². The molecule has 1 unspecified atom stereocenters. The van der Waals surface area contributed by atoms with E-state index < -0.39 is 0 Å². The summed E-state index contributed by atoms with van der Waals surface area (Å²) in [6.45, 7) is 8.78. The van der Waals surface area contributed by atoms with Gasteiger partial charge in [-0.25, -0.2) is 0 Å². The standard InChI is InChI=1S/C28H57/c1-4-7-9-11-12-13-14-15-16-17-18-19-20-21-22-23-25-27-28(6-3)26-24-10-8-5-2/h28H,3-27H2,1-2H3. The van der Waals surface area contributed by atoms with Crippen LogP contribution in [-0.4, -0.2) is 0 Å². The van der Waals surface area contributed by atoms with Crippen molar-refractivity contribution in [1.29, 1.82) is 0 Å². The van der Waals surface area contributed by atoms with Gasteiger partial charge in [-0.2, -0.15) is 0 Å². The number of hydrogen-bond donors (Lipinski definition) is 0. The minimum absolute atomic E-state index is 0.910. The van der Waals surface area contributed by atoms with Crippen LogP contribution in [0.5, 0.6) is 0 Å². The SMILES string of the molecule is [CH2]CC(CCCCCC)CCCCCCCCCCCCCCCCCCC. The molecule has 0 heteroatoms. The van der Waals surface area contributed by atoms with Crippen molar-refractivity contribution in [1.82, 2.24) is 0 Å². The Hall–Kier alpha value is 0. The van der Waals surface area contributed by atoms with Crippen LogP contribution in [0.15, 0.2) is 0 Å². The predicted octanol–water partition coefficient (Wildman–Crippen LogP) is 10.8. The van der Waals surface area contributed by atoms with E-state index in [-0.39, 0.29) is 0 Å². The molecule has 0 saturated heterocycles. The van der Waals surface area contributed by atoms with E-state index in [9.17, 15) is 0 Å². The molecule has 0 aliphatic rings. The van der Waals surface area contributed by atoms with Gasteiger partial charge >= 0.3 is 0 Å². The van der Waals surface area contributed by atoms with Gasteiger partial charge in [-0.3, -0.25) is 0 Å². The lowest BCUT2D eigenvalue weighted by Crippen LogP contribution is -1.99. The van der Waals surface area contributed by atoms with Gasteiger partial charge < -0.3 is 0 Å². The van der Waals surface area contributed by atoms with Gasteiger partial charge in [-0.05, 0) is 5.92 Å². The molecule has 0 N–H and O–H groups in total. The molecular formula is C28H57. The Morgan fingerprint density at radius 2 is 0.643 bits per heavy atom. The van der Waals surface area contributed by atoms with Crippen molar-refractivity contribution in [3.05, 3.63) is 6.92 Å². The monoisotopic (exact) mass is 393 g/mol. The van der Waals surface area contributed by atoms with E-state index in [1.807, 2.05) is 0 Å². The largest absolute Gasteiger partial charge is 0.0654 e. The first-order chi connectivity index (χ1) is 13.8. The van der Waals surface area contributed by atoms with Crippen LogP contribution >= 0.6 is 0 Å². The van der Waals surface area contributed by atoms with Crippen LogP contribution in [-0.2, 0) is 0 Å². The first-order valence-electron chi connectivity index (χ1n) is 13.6. The molecule has 1 atom stereocenters. The summed E-state index contributed by atoms with van der Waals surface area (Å²) in [7, 11) is 0. The predicted molar refractivity (Wildman–Crippen MR) is 131 cm³/mol. The number of unbranched alkanes of at least 4 members (excludes halogenated alkanes) is 19. The second-order valence-electron chi connectivity index (χ2n) is 9.45. The lowest BCUT2D eigenvalue weighted by molar-refractivity contribution is 0.406. The Morgan fingerprint density at radius 1 is 0.393 bits per heavy atom. The Morgan fingerprint density at radius 3 is 0.929 bits per heavy atom. The molecule has 0 spiro atoms. The Kier molecular flexibility index (Phi) is 25.0. The molecule has 0 aromatic carbocycles. The Bertz CT molecular complexity index is 257. The number of hydrogen-bond acceptors (Lipinski definition) is 0. The summed E-state index contributed by atoms with van der Waals surface area (Å²) in [5.41, 5.74) is 0. The van der Waals surface area contributed by atoms with Crippen LogP contribution < -0.4 is 0 Å². The van der Waals surface area contributed by atoms with Crippen molar-refractivity contribution in [2.24, 2.45) is 5.92 Å². The van der Waals surface area contributed by atoms with Crippen molar-refractivity contribution in [3.8, 4) is 0 Å². The summed E-state index contributed by atoms with van der Waals surface area (Å²) < 4.78 is 0. The molecule has 0 fully saturated rings. The molecule has 28 heavy (non-hydrogen) atoms. The summed E-state index contributed by atoms with van der Waals surface area (Å²) in [5, 5.41) is 0. The van der Waals surface area contributed by atoms with Gasteiger partial charge in [0.2, 0.25) is 0 Å². The second kappa shape index (κ2) is 25.0. The third-order valence-electron chi connectivity index (χ3n) is 6.59. The summed E-state index contributed by atoms with van der Waals surface area (Å²) in [5.74, 6) is 0.910. The van der Waals surface area contributed by atoms with Crippen molar-refractivity contribution in [2.45, 2.75) is 168 Å². The maximum Gasteiger partial charge on any atom is -0.0414 e. The van der Waals surface area contributed by atoms with E-state index in [0.717, 1.165) is 12.3 Å². The van der Waals surface area contributed by atoms with Gasteiger partial charge in [0.05, 0.1) is 0 Å². The fourth-order valence-corrected chi connectivity index (χ4v) is 4.45. The van der Waals surface area contributed by atoms with Gasteiger partial charge in [0.25, 0.3) is 0 Å². The fourth-order valence-electron chi connectivity index (χ4n) is 4.45. The topological polar surface area (TPSA) is 0 Å². The zero-order valence-electron chi connectivity index (χ0n) is 20.3. The van der Waals surface area contributed by atoms with Crippen LogP contribution in [0, 0.1) is 12.8 Å². The normalized spacial score (nSPS) is 12.5. The molecular weight excluding hydrogens is 336 g/mol. The molecule has 0 aliphatic carbocycles. The summed E-state index contributed by atoms with van der Waals surface area (Å²) in [6, 6.07) is 0. The molecule has 0 aromatic rings. The highest BCUT2D eigenvalue weighted by Gasteiger charge is 2.05. The molecule has 1 radical (unpaired) electrons. The molecule has 0 saturated carbocycles.